The summed E-state index contributed by atoms with van der Waals surface area (Å²) in [7, 11) is 1.81. The molecule has 0 aliphatic carbocycles. The van der Waals surface area contributed by atoms with Gasteiger partial charge in [-0.3, -0.25) is 4.57 Å². The molecule has 1 heterocycles. The standard InChI is InChI=1S/C12H23N3O/c1-4-6-7-8-9-10-11-13-15(5-2)12(16)14(11)3/h4-10H2,1-3H3. The van der Waals surface area contributed by atoms with Crippen LogP contribution in [0.5, 0.6) is 0 Å². The van der Waals surface area contributed by atoms with E-state index in [0.29, 0.717) is 6.54 Å². The van der Waals surface area contributed by atoms with Crippen molar-refractivity contribution in [1.29, 1.82) is 0 Å². The smallest absolute Gasteiger partial charge is 0.282 e. The second-order valence-corrected chi connectivity index (χ2v) is 4.24. The van der Waals surface area contributed by atoms with Gasteiger partial charge in [-0.1, -0.05) is 32.6 Å². The van der Waals surface area contributed by atoms with Gasteiger partial charge >= 0.3 is 5.69 Å². The van der Waals surface area contributed by atoms with Crippen LogP contribution < -0.4 is 5.69 Å². The van der Waals surface area contributed by atoms with E-state index in [1.807, 2.05) is 14.0 Å². The van der Waals surface area contributed by atoms with Crippen LogP contribution >= 0.6 is 0 Å². The summed E-state index contributed by atoms with van der Waals surface area (Å²) in [5.41, 5.74) is 0.00561. The van der Waals surface area contributed by atoms with Crippen molar-refractivity contribution in [3.63, 3.8) is 0 Å². The molecule has 0 N–H and O–H groups in total. The number of nitrogens with zero attached hydrogens (tertiary/aromatic N) is 3. The predicted octanol–water partition coefficient (Wildman–Crippen LogP) is 2.11. The summed E-state index contributed by atoms with van der Waals surface area (Å²) in [6.45, 7) is 4.81. The maximum Gasteiger partial charge on any atom is 0.345 e. The SMILES string of the molecule is CCCCCCCc1nn(CC)c(=O)n1C. The molecule has 4 nitrogen and oxygen atoms in total. The lowest BCUT2D eigenvalue weighted by molar-refractivity contribution is 0.602. The van der Waals surface area contributed by atoms with E-state index < -0.39 is 0 Å². The highest BCUT2D eigenvalue weighted by Crippen LogP contribution is 2.05. The summed E-state index contributed by atoms with van der Waals surface area (Å²) in [6, 6.07) is 0. The first kappa shape index (κ1) is 13.0. The molecule has 0 aliphatic heterocycles. The summed E-state index contributed by atoms with van der Waals surface area (Å²) >= 11 is 0. The first-order valence-electron chi connectivity index (χ1n) is 6.33. The number of hydrogen-bond acceptors (Lipinski definition) is 2. The quantitative estimate of drug-likeness (QED) is 0.667. The molecule has 16 heavy (non-hydrogen) atoms. The minimum absolute atomic E-state index is 0.00561. The molecule has 0 spiro atoms. The van der Waals surface area contributed by atoms with Crippen molar-refractivity contribution < 1.29 is 0 Å². The molecule has 0 bridgehead atoms. The molecule has 0 radical (unpaired) electrons. The van der Waals surface area contributed by atoms with Crippen molar-refractivity contribution in [2.24, 2.45) is 7.05 Å². The highest BCUT2D eigenvalue weighted by molar-refractivity contribution is 4.86. The van der Waals surface area contributed by atoms with Crippen molar-refractivity contribution in [2.45, 2.75) is 58.9 Å². The van der Waals surface area contributed by atoms with Crippen molar-refractivity contribution in [1.82, 2.24) is 14.3 Å². The number of rotatable bonds is 7. The molecule has 1 rings (SSSR count). The van der Waals surface area contributed by atoms with Gasteiger partial charge in [-0.05, 0) is 13.3 Å². The zero-order valence-corrected chi connectivity index (χ0v) is 10.7. The topological polar surface area (TPSA) is 39.8 Å². The number of hydrogen-bond donors (Lipinski definition) is 0. The van der Waals surface area contributed by atoms with Crippen LogP contribution in [0, 0.1) is 0 Å². The van der Waals surface area contributed by atoms with Crippen LogP contribution in [0.25, 0.3) is 0 Å². The molecule has 0 aromatic carbocycles. The van der Waals surface area contributed by atoms with Crippen molar-refractivity contribution >= 4 is 0 Å². The molecule has 0 saturated heterocycles. The van der Waals surface area contributed by atoms with E-state index in [2.05, 4.69) is 12.0 Å². The maximum absolute atomic E-state index is 11.6. The Labute approximate surface area is 97.3 Å². The Bertz CT molecular complexity index is 365. The van der Waals surface area contributed by atoms with Crippen LogP contribution in [0.1, 0.15) is 51.8 Å². The normalized spacial score (nSPS) is 10.9. The second-order valence-electron chi connectivity index (χ2n) is 4.24. The van der Waals surface area contributed by atoms with Crippen molar-refractivity contribution in [3.8, 4) is 0 Å². The monoisotopic (exact) mass is 225 g/mol. The lowest BCUT2D eigenvalue weighted by Gasteiger charge is -1.99. The van der Waals surface area contributed by atoms with E-state index in [0.717, 1.165) is 18.7 Å². The van der Waals surface area contributed by atoms with E-state index in [4.69, 9.17) is 0 Å². The molecule has 0 fully saturated rings. The van der Waals surface area contributed by atoms with E-state index in [9.17, 15) is 4.79 Å². The van der Waals surface area contributed by atoms with Gasteiger partial charge in [0.15, 0.2) is 0 Å². The molecule has 4 heteroatoms. The Morgan fingerprint density at radius 3 is 2.38 bits per heavy atom. The van der Waals surface area contributed by atoms with Gasteiger partial charge < -0.3 is 0 Å². The van der Waals surface area contributed by atoms with E-state index in [1.165, 1.54) is 30.4 Å². The third-order valence-corrected chi connectivity index (χ3v) is 2.93. The molecule has 0 saturated carbocycles. The third-order valence-electron chi connectivity index (χ3n) is 2.93. The fourth-order valence-electron chi connectivity index (χ4n) is 1.84. The zero-order valence-electron chi connectivity index (χ0n) is 10.7. The van der Waals surface area contributed by atoms with Crippen LogP contribution in [-0.2, 0) is 20.0 Å². The van der Waals surface area contributed by atoms with Gasteiger partial charge in [0.1, 0.15) is 5.82 Å². The summed E-state index contributed by atoms with van der Waals surface area (Å²) in [5, 5.41) is 4.31. The van der Waals surface area contributed by atoms with E-state index in [-0.39, 0.29) is 5.69 Å². The van der Waals surface area contributed by atoms with Crippen molar-refractivity contribution in [2.75, 3.05) is 0 Å². The summed E-state index contributed by atoms with van der Waals surface area (Å²) in [4.78, 5) is 11.6. The van der Waals surface area contributed by atoms with E-state index >= 15 is 0 Å². The van der Waals surface area contributed by atoms with E-state index in [1.54, 1.807) is 4.57 Å². The van der Waals surface area contributed by atoms with Gasteiger partial charge in [0.05, 0.1) is 0 Å². The highest BCUT2D eigenvalue weighted by Gasteiger charge is 2.07. The minimum atomic E-state index is 0.00561. The Hall–Kier alpha value is -1.06. The van der Waals surface area contributed by atoms with Crippen LogP contribution in [0.15, 0.2) is 4.79 Å². The molecule has 0 amide bonds. The average Bonchev–Trinajstić information content (AvgIpc) is 2.56. The Morgan fingerprint density at radius 1 is 1.12 bits per heavy atom. The molecule has 92 valence electrons. The second kappa shape index (κ2) is 6.51. The molecule has 1 aromatic heterocycles. The highest BCUT2D eigenvalue weighted by atomic mass is 16.2. The number of aryl methyl sites for hydroxylation is 2. The van der Waals surface area contributed by atoms with Gasteiger partial charge in [-0.2, -0.15) is 5.10 Å². The van der Waals surface area contributed by atoms with Crippen molar-refractivity contribution in [3.05, 3.63) is 16.3 Å². The van der Waals surface area contributed by atoms with Gasteiger partial charge in [0, 0.05) is 20.0 Å². The van der Waals surface area contributed by atoms with Crippen LogP contribution in [0.3, 0.4) is 0 Å². The lowest BCUT2D eigenvalue weighted by atomic mass is 10.1. The largest absolute Gasteiger partial charge is 0.345 e. The Balaban J connectivity index is 2.45. The summed E-state index contributed by atoms with van der Waals surface area (Å²) in [6.07, 6.45) is 7.15. The predicted molar refractivity (Wildman–Crippen MR) is 65.6 cm³/mol. The maximum atomic E-state index is 11.6. The molecule has 1 aromatic rings. The van der Waals surface area contributed by atoms with Gasteiger partial charge in [0.25, 0.3) is 0 Å². The molecule has 0 aliphatic rings. The van der Waals surface area contributed by atoms with Gasteiger partial charge in [-0.25, -0.2) is 9.48 Å². The van der Waals surface area contributed by atoms with Crippen LogP contribution in [0.4, 0.5) is 0 Å². The number of unbranched alkanes of at least 4 members (excludes halogenated alkanes) is 4. The van der Waals surface area contributed by atoms with Crippen LogP contribution in [0.2, 0.25) is 0 Å². The Morgan fingerprint density at radius 2 is 1.81 bits per heavy atom. The average molecular weight is 225 g/mol. The third kappa shape index (κ3) is 3.22. The summed E-state index contributed by atoms with van der Waals surface area (Å²) < 4.78 is 3.20. The Kier molecular flexibility index (Phi) is 5.29. The minimum Gasteiger partial charge on any atom is -0.282 e. The first-order valence-corrected chi connectivity index (χ1v) is 6.33. The molecular formula is C12H23N3O. The van der Waals surface area contributed by atoms with Crippen LogP contribution in [-0.4, -0.2) is 14.3 Å². The fourth-order valence-corrected chi connectivity index (χ4v) is 1.84. The zero-order chi connectivity index (χ0) is 12.0. The van der Waals surface area contributed by atoms with Gasteiger partial charge in [-0.15, -0.1) is 0 Å². The number of aromatic nitrogens is 3. The molecule has 0 unspecified atom stereocenters. The summed E-state index contributed by atoms with van der Waals surface area (Å²) in [5.74, 6) is 0.920. The first-order chi connectivity index (χ1) is 7.70. The van der Waals surface area contributed by atoms with Gasteiger partial charge in [0.2, 0.25) is 0 Å². The molecule has 0 atom stereocenters. The fraction of sp³-hybridized carbons (Fsp3) is 0.833. The molecular weight excluding hydrogens is 202 g/mol. The lowest BCUT2D eigenvalue weighted by Crippen LogP contribution is -2.22.